The summed E-state index contributed by atoms with van der Waals surface area (Å²) in [5.74, 6) is 0.587. The molecule has 2 atom stereocenters. The van der Waals surface area contributed by atoms with Crippen molar-refractivity contribution in [3.63, 3.8) is 0 Å². The second-order valence-electron chi connectivity index (χ2n) is 5.21. The van der Waals surface area contributed by atoms with E-state index in [0.717, 1.165) is 25.7 Å². The van der Waals surface area contributed by atoms with Gasteiger partial charge in [-0.3, -0.25) is 0 Å². The topological polar surface area (TPSA) is 68.4 Å². The average Bonchev–Trinajstić information content (AvgIpc) is 2.97. The van der Waals surface area contributed by atoms with E-state index in [-0.39, 0.29) is 23.8 Å². The highest BCUT2D eigenvalue weighted by molar-refractivity contribution is 7.99. The van der Waals surface area contributed by atoms with Crippen LogP contribution < -0.4 is 4.74 Å². The maximum atomic E-state index is 12.8. The molecule has 1 heterocycles. The number of nitrogens with zero attached hydrogens (tertiary/aromatic N) is 2. The summed E-state index contributed by atoms with van der Waals surface area (Å²) in [6.07, 6.45) is 3.65. The van der Waals surface area contributed by atoms with Crippen molar-refractivity contribution in [3.05, 3.63) is 36.0 Å². The molecule has 5 nitrogen and oxygen atoms in total. The second-order valence-corrected chi connectivity index (χ2v) is 6.40. The zero-order chi connectivity index (χ0) is 15.4. The summed E-state index contributed by atoms with van der Waals surface area (Å²) in [7, 11) is 0. The zero-order valence-electron chi connectivity index (χ0n) is 11.9. The lowest BCUT2D eigenvalue weighted by Gasteiger charge is -2.25. The molecule has 0 spiro atoms. The molecule has 0 bridgehead atoms. The summed E-state index contributed by atoms with van der Waals surface area (Å²) in [5, 5.41) is 18.4. The van der Waals surface area contributed by atoms with E-state index in [9.17, 15) is 9.50 Å². The van der Waals surface area contributed by atoms with E-state index >= 15 is 0 Å². The predicted octanol–water partition coefficient (Wildman–Crippen LogP) is 3.18. The number of aliphatic hydroxyl groups is 1. The molecular formula is C15H17FN2O3S. The van der Waals surface area contributed by atoms with Gasteiger partial charge in [-0.15, -0.1) is 10.2 Å². The summed E-state index contributed by atoms with van der Waals surface area (Å²) in [4.78, 5) is 0. The van der Waals surface area contributed by atoms with Crippen LogP contribution in [0.5, 0.6) is 5.75 Å². The van der Waals surface area contributed by atoms with Crippen molar-refractivity contribution < 1.29 is 18.7 Å². The van der Waals surface area contributed by atoms with E-state index < -0.39 is 0 Å². The molecule has 2 unspecified atom stereocenters. The third kappa shape index (κ3) is 3.98. The number of hydrogen-bond acceptors (Lipinski definition) is 6. The largest absolute Gasteiger partial charge is 0.484 e. The predicted molar refractivity (Wildman–Crippen MR) is 79.1 cm³/mol. The SMILES string of the molecule is OC1CCCCC1Sc1nnc(COc2ccc(F)cc2)o1. The third-order valence-corrected chi connectivity index (χ3v) is 4.76. The van der Waals surface area contributed by atoms with Crippen molar-refractivity contribution in [2.75, 3.05) is 0 Å². The summed E-state index contributed by atoms with van der Waals surface area (Å²) in [5.41, 5.74) is 0. The molecule has 3 rings (SSSR count). The molecule has 1 aromatic heterocycles. The summed E-state index contributed by atoms with van der Waals surface area (Å²) < 4.78 is 23.7. The first-order valence-electron chi connectivity index (χ1n) is 7.26. The monoisotopic (exact) mass is 324 g/mol. The first-order valence-corrected chi connectivity index (χ1v) is 8.14. The Morgan fingerprint density at radius 3 is 2.77 bits per heavy atom. The summed E-state index contributed by atoms with van der Waals surface area (Å²) in [6, 6.07) is 5.74. The lowest BCUT2D eigenvalue weighted by Crippen LogP contribution is -2.26. The van der Waals surface area contributed by atoms with Crippen LogP contribution in [-0.4, -0.2) is 26.7 Å². The van der Waals surface area contributed by atoms with Gasteiger partial charge in [-0.25, -0.2) is 4.39 Å². The van der Waals surface area contributed by atoms with Gasteiger partial charge in [0.25, 0.3) is 11.1 Å². The van der Waals surface area contributed by atoms with Crippen LogP contribution in [0.1, 0.15) is 31.6 Å². The summed E-state index contributed by atoms with van der Waals surface area (Å²) >= 11 is 1.42. The maximum Gasteiger partial charge on any atom is 0.277 e. The summed E-state index contributed by atoms with van der Waals surface area (Å²) in [6.45, 7) is 0.131. The molecule has 1 aliphatic carbocycles. The highest BCUT2D eigenvalue weighted by Gasteiger charge is 2.26. The number of halogens is 1. The van der Waals surface area contributed by atoms with E-state index in [1.807, 2.05) is 0 Å². The van der Waals surface area contributed by atoms with Crippen LogP contribution in [0.4, 0.5) is 4.39 Å². The number of ether oxygens (including phenoxy) is 1. The van der Waals surface area contributed by atoms with Gasteiger partial charge in [0.1, 0.15) is 11.6 Å². The van der Waals surface area contributed by atoms with Crippen molar-refractivity contribution >= 4 is 11.8 Å². The lowest BCUT2D eigenvalue weighted by molar-refractivity contribution is 0.136. The smallest absolute Gasteiger partial charge is 0.277 e. The van der Waals surface area contributed by atoms with Crippen LogP contribution in [-0.2, 0) is 6.61 Å². The highest BCUT2D eigenvalue weighted by atomic mass is 32.2. The molecule has 1 aromatic carbocycles. The van der Waals surface area contributed by atoms with Gasteiger partial charge in [-0.2, -0.15) is 0 Å². The minimum Gasteiger partial charge on any atom is -0.484 e. The Kier molecular flexibility index (Phi) is 4.94. The molecule has 1 saturated carbocycles. The van der Waals surface area contributed by atoms with Gasteiger partial charge in [0.15, 0.2) is 6.61 Å². The number of aliphatic hydroxyl groups excluding tert-OH is 1. The van der Waals surface area contributed by atoms with Crippen LogP contribution in [0.15, 0.2) is 33.9 Å². The molecule has 118 valence electrons. The zero-order valence-corrected chi connectivity index (χ0v) is 12.8. The second kappa shape index (κ2) is 7.11. The van der Waals surface area contributed by atoms with Gasteiger partial charge in [-0.05, 0) is 37.1 Å². The minimum atomic E-state index is -0.315. The van der Waals surface area contributed by atoms with Gasteiger partial charge in [0.05, 0.1) is 6.10 Å². The van der Waals surface area contributed by atoms with Gasteiger partial charge < -0.3 is 14.3 Å². The van der Waals surface area contributed by atoms with Crippen molar-refractivity contribution in [2.45, 2.75) is 48.9 Å². The molecule has 0 saturated heterocycles. The quantitative estimate of drug-likeness (QED) is 0.911. The van der Waals surface area contributed by atoms with Crippen LogP contribution in [0.3, 0.4) is 0 Å². The number of hydrogen-bond donors (Lipinski definition) is 1. The van der Waals surface area contributed by atoms with E-state index in [1.54, 1.807) is 12.1 Å². The lowest BCUT2D eigenvalue weighted by atomic mass is 9.97. The van der Waals surface area contributed by atoms with E-state index in [2.05, 4.69) is 10.2 Å². The first kappa shape index (κ1) is 15.3. The number of rotatable bonds is 5. The van der Waals surface area contributed by atoms with Gasteiger partial charge in [-0.1, -0.05) is 24.6 Å². The van der Waals surface area contributed by atoms with Crippen LogP contribution in [0, 0.1) is 5.82 Å². The van der Waals surface area contributed by atoms with E-state index in [0.29, 0.717) is 16.9 Å². The standard InChI is InChI=1S/C15H17FN2O3S/c16-10-5-7-11(8-6-10)20-9-14-17-18-15(21-14)22-13-4-2-1-3-12(13)19/h5-8,12-13,19H,1-4,9H2. The number of aromatic nitrogens is 2. The van der Waals surface area contributed by atoms with Crippen molar-refractivity contribution in [1.82, 2.24) is 10.2 Å². The fourth-order valence-corrected chi connectivity index (χ4v) is 3.43. The normalized spacial score (nSPS) is 21.7. The van der Waals surface area contributed by atoms with Crippen LogP contribution in [0.2, 0.25) is 0 Å². The molecule has 1 N–H and O–H groups in total. The minimum absolute atomic E-state index is 0.111. The number of thioether (sulfide) groups is 1. The Bertz CT molecular complexity index is 605. The van der Waals surface area contributed by atoms with Crippen molar-refractivity contribution in [1.29, 1.82) is 0 Å². The molecular weight excluding hydrogens is 307 g/mol. The highest BCUT2D eigenvalue weighted by Crippen LogP contribution is 2.33. The fraction of sp³-hybridized carbons (Fsp3) is 0.467. The first-order chi connectivity index (χ1) is 10.7. The van der Waals surface area contributed by atoms with E-state index in [1.165, 1.54) is 23.9 Å². The maximum absolute atomic E-state index is 12.8. The van der Waals surface area contributed by atoms with Crippen molar-refractivity contribution in [3.8, 4) is 5.75 Å². The Morgan fingerprint density at radius 2 is 2.00 bits per heavy atom. The molecule has 1 fully saturated rings. The molecule has 0 amide bonds. The third-order valence-electron chi connectivity index (χ3n) is 3.54. The molecule has 22 heavy (non-hydrogen) atoms. The molecule has 0 aliphatic heterocycles. The van der Waals surface area contributed by atoms with Crippen LogP contribution >= 0.6 is 11.8 Å². The Hall–Kier alpha value is -1.60. The average molecular weight is 324 g/mol. The Balaban J connectivity index is 1.53. The van der Waals surface area contributed by atoms with E-state index in [4.69, 9.17) is 9.15 Å². The van der Waals surface area contributed by atoms with Gasteiger partial charge in [0, 0.05) is 5.25 Å². The van der Waals surface area contributed by atoms with Crippen molar-refractivity contribution in [2.24, 2.45) is 0 Å². The Morgan fingerprint density at radius 1 is 1.23 bits per heavy atom. The Labute approximate surface area is 131 Å². The number of benzene rings is 1. The fourth-order valence-electron chi connectivity index (χ4n) is 2.36. The molecule has 1 aliphatic rings. The van der Waals surface area contributed by atoms with Gasteiger partial charge in [0.2, 0.25) is 0 Å². The molecule has 2 aromatic rings. The molecule has 0 radical (unpaired) electrons. The van der Waals surface area contributed by atoms with Crippen LogP contribution in [0.25, 0.3) is 0 Å². The van der Waals surface area contributed by atoms with Gasteiger partial charge >= 0.3 is 0 Å². The molecule has 7 heteroatoms.